The van der Waals surface area contributed by atoms with Gasteiger partial charge in [-0.3, -0.25) is 9.59 Å². The summed E-state index contributed by atoms with van der Waals surface area (Å²) in [6.45, 7) is 2.12. The van der Waals surface area contributed by atoms with Crippen molar-refractivity contribution in [2.45, 2.75) is 6.92 Å². The molecular formula is C30H23Cl2N3O5. The number of hydrogen-bond acceptors (Lipinski definition) is 6. The fourth-order valence-electron chi connectivity index (χ4n) is 3.50. The van der Waals surface area contributed by atoms with Crippen molar-refractivity contribution in [1.29, 1.82) is 0 Å². The van der Waals surface area contributed by atoms with E-state index in [0.29, 0.717) is 39.8 Å². The second-order valence-corrected chi connectivity index (χ2v) is 9.09. The largest absolute Gasteiger partial charge is 0.490 e. The van der Waals surface area contributed by atoms with Gasteiger partial charge in [0.15, 0.2) is 11.5 Å². The van der Waals surface area contributed by atoms with Crippen molar-refractivity contribution in [3.8, 4) is 11.5 Å². The second-order valence-electron chi connectivity index (χ2n) is 8.25. The van der Waals surface area contributed by atoms with Gasteiger partial charge in [-0.05, 0) is 85.3 Å². The van der Waals surface area contributed by atoms with Crippen LogP contribution in [0.15, 0.2) is 96.1 Å². The van der Waals surface area contributed by atoms with E-state index < -0.39 is 11.9 Å². The van der Waals surface area contributed by atoms with E-state index in [1.54, 1.807) is 79.7 Å². The zero-order valence-electron chi connectivity index (χ0n) is 21.2. The maximum Gasteiger partial charge on any atom is 0.345 e. The van der Waals surface area contributed by atoms with Crippen molar-refractivity contribution < 1.29 is 23.9 Å². The number of anilines is 1. The predicted molar refractivity (Wildman–Crippen MR) is 155 cm³/mol. The summed E-state index contributed by atoms with van der Waals surface area (Å²) in [5.74, 6) is -0.846. The molecule has 0 bridgehead atoms. The lowest BCUT2D eigenvalue weighted by Crippen LogP contribution is -2.18. The van der Waals surface area contributed by atoms with Crippen molar-refractivity contribution >= 4 is 52.9 Å². The Kier molecular flexibility index (Phi) is 9.51. The lowest BCUT2D eigenvalue weighted by Gasteiger charge is -2.12. The first-order valence-electron chi connectivity index (χ1n) is 12.1. The molecule has 0 radical (unpaired) electrons. The third-order valence-corrected chi connectivity index (χ3v) is 5.99. The highest BCUT2D eigenvalue weighted by molar-refractivity contribution is 6.36. The van der Waals surface area contributed by atoms with Gasteiger partial charge in [0.2, 0.25) is 0 Å². The maximum atomic E-state index is 12.6. The Hall–Kier alpha value is -4.66. The maximum absolute atomic E-state index is 12.6. The zero-order valence-corrected chi connectivity index (χ0v) is 22.7. The van der Waals surface area contributed by atoms with Crippen molar-refractivity contribution in [3.63, 3.8) is 0 Å². The minimum Gasteiger partial charge on any atom is -0.490 e. The van der Waals surface area contributed by atoms with Crippen molar-refractivity contribution in [2.75, 3.05) is 11.9 Å². The highest BCUT2D eigenvalue weighted by atomic mass is 35.5. The molecule has 2 amide bonds. The molecule has 2 N–H and O–H groups in total. The summed E-state index contributed by atoms with van der Waals surface area (Å²) in [6.07, 6.45) is 1.43. The van der Waals surface area contributed by atoms with Crippen LogP contribution in [0.5, 0.6) is 11.5 Å². The van der Waals surface area contributed by atoms with E-state index in [1.165, 1.54) is 18.3 Å². The Balaban J connectivity index is 1.37. The SMILES string of the molecule is CCOc1cc(/C=N/NC(=O)c2ccc(NC(=O)c3ccccc3)cc2)ccc1OC(=O)c1ccc(Cl)cc1Cl. The van der Waals surface area contributed by atoms with Gasteiger partial charge in [-0.2, -0.15) is 5.10 Å². The van der Waals surface area contributed by atoms with Crippen LogP contribution in [-0.2, 0) is 0 Å². The smallest absolute Gasteiger partial charge is 0.345 e. The van der Waals surface area contributed by atoms with Gasteiger partial charge in [-0.15, -0.1) is 0 Å². The van der Waals surface area contributed by atoms with Gasteiger partial charge < -0.3 is 14.8 Å². The fraction of sp³-hybridized carbons (Fsp3) is 0.0667. The molecule has 4 aromatic carbocycles. The van der Waals surface area contributed by atoms with Gasteiger partial charge in [0.1, 0.15) is 0 Å². The van der Waals surface area contributed by atoms with E-state index in [4.69, 9.17) is 32.7 Å². The second kappa shape index (κ2) is 13.4. The normalized spacial score (nSPS) is 10.7. The van der Waals surface area contributed by atoms with Gasteiger partial charge in [-0.1, -0.05) is 41.4 Å². The van der Waals surface area contributed by atoms with Crippen molar-refractivity contribution in [3.05, 3.63) is 123 Å². The quantitative estimate of drug-likeness (QED) is 0.101. The van der Waals surface area contributed by atoms with E-state index >= 15 is 0 Å². The van der Waals surface area contributed by atoms with Crippen molar-refractivity contribution in [1.82, 2.24) is 5.43 Å². The van der Waals surface area contributed by atoms with E-state index in [9.17, 15) is 14.4 Å². The third-order valence-electron chi connectivity index (χ3n) is 5.44. The molecule has 4 rings (SSSR count). The Bertz CT molecular complexity index is 1560. The lowest BCUT2D eigenvalue weighted by molar-refractivity contribution is 0.0728. The number of halogens is 2. The van der Waals surface area contributed by atoms with Gasteiger partial charge in [0.25, 0.3) is 11.8 Å². The number of esters is 1. The van der Waals surface area contributed by atoms with Crippen LogP contribution in [0.2, 0.25) is 10.0 Å². The third kappa shape index (κ3) is 7.47. The average molecular weight is 576 g/mol. The van der Waals surface area contributed by atoms with Gasteiger partial charge in [-0.25, -0.2) is 10.2 Å². The zero-order chi connectivity index (χ0) is 28.5. The van der Waals surface area contributed by atoms with Crippen molar-refractivity contribution in [2.24, 2.45) is 5.10 Å². The summed E-state index contributed by atoms with van der Waals surface area (Å²) >= 11 is 12.0. The average Bonchev–Trinajstić information content (AvgIpc) is 2.95. The molecule has 0 atom stereocenters. The number of nitrogens with one attached hydrogen (secondary N) is 2. The lowest BCUT2D eigenvalue weighted by atomic mass is 10.1. The number of carbonyl (C=O) groups excluding carboxylic acids is 3. The Morgan fingerprint density at radius 2 is 1.55 bits per heavy atom. The Morgan fingerprint density at radius 3 is 2.25 bits per heavy atom. The van der Waals surface area contributed by atoms with Crippen LogP contribution in [0.1, 0.15) is 43.6 Å². The summed E-state index contributed by atoms with van der Waals surface area (Å²) in [4.78, 5) is 37.4. The molecule has 0 fully saturated rings. The predicted octanol–water partition coefficient (Wildman–Crippen LogP) is 6.63. The summed E-state index contributed by atoms with van der Waals surface area (Å²) < 4.78 is 11.1. The highest BCUT2D eigenvalue weighted by Crippen LogP contribution is 2.30. The molecule has 0 aliphatic heterocycles. The van der Waals surface area contributed by atoms with Gasteiger partial charge in [0.05, 0.1) is 23.4 Å². The minimum atomic E-state index is -0.665. The molecule has 10 heteroatoms. The first kappa shape index (κ1) is 28.4. The number of amides is 2. The number of nitrogens with zero attached hydrogens (tertiary/aromatic N) is 1. The minimum absolute atomic E-state index is 0.161. The fourth-order valence-corrected chi connectivity index (χ4v) is 3.98. The molecular weight excluding hydrogens is 553 g/mol. The first-order valence-corrected chi connectivity index (χ1v) is 12.8. The van der Waals surface area contributed by atoms with E-state index in [-0.39, 0.29) is 22.2 Å². The number of hydrogen-bond donors (Lipinski definition) is 2. The van der Waals surface area contributed by atoms with E-state index in [0.717, 1.165) is 0 Å². The van der Waals surface area contributed by atoms with Crippen LogP contribution in [0, 0.1) is 0 Å². The van der Waals surface area contributed by atoms with E-state index in [2.05, 4.69) is 15.8 Å². The number of hydrazone groups is 1. The van der Waals surface area contributed by atoms with Crippen LogP contribution in [-0.4, -0.2) is 30.6 Å². The number of rotatable bonds is 9. The molecule has 0 unspecified atom stereocenters. The molecule has 0 heterocycles. The Morgan fingerprint density at radius 1 is 0.825 bits per heavy atom. The van der Waals surface area contributed by atoms with Crippen LogP contribution in [0.3, 0.4) is 0 Å². The van der Waals surface area contributed by atoms with Crippen LogP contribution >= 0.6 is 23.2 Å². The van der Waals surface area contributed by atoms with Crippen LogP contribution < -0.4 is 20.2 Å². The topological polar surface area (TPSA) is 106 Å². The molecule has 0 aliphatic carbocycles. The highest BCUT2D eigenvalue weighted by Gasteiger charge is 2.16. The molecule has 0 saturated carbocycles. The number of benzene rings is 4. The summed E-state index contributed by atoms with van der Waals surface area (Å²) in [7, 11) is 0. The first-order chi connectivity index (χ1) is 19.3. The molecule has 0 saturated heterocycles. The number of ether oxygens (including phenoxy) is 2. The Labute approximate surface area is 240 Å². The molecule has 8 nitrogen and oxygen atoms in total. The van der Waals surface area contributed by atoms with Crippen LogP contribution in [0.25, 0.3) is 0 Å². The van der Waals surface area contributed by atoms with Crippen LogP contribution in [0.4, 0.5) is 5.69 Å². The summed E-state index contributed by atoms with van der Waals surface area (Å²) in [6, 6.07) is 24.5. The molecule has 40 heavy (non-hydrogen) atoms. The summed E-state index contributed by atoms with van der Waals surface area (Å²) in [5.41, 5.74) is 4.64. The number of carbonyl (C=O) groups is 3. The van der Waals surface area contributed by atoms with Gasteiger partial charge in [0, 0.05) is 21.8 Å². The monoisotopic (exact) mass is 575 g/mol. The molecule has 0 aromatic heterocycles. The summed E-state index contributed by atoms with van der Waals surface area (Å²) in [5, 5.41) is 7.35. The van der Waals surface area contributed by atoms with Gasteiger partial charge >= 0.3 is 5.97 Å². The molecule has 202 valence electrons. The van der Waals surface area contributed by atoms with E-state index in [1.807, 2.05) is 6.07 Å². The standard InChI is InChI=1S/C30H23Cl2N3O5/c1-2-39-27-16-19(8-15-26(27)40-30(38)24-14-11-22(31)17-25(24)32)18-33-35-29(37)21-9-12-23(13-10-21)34-28(36)20-6-4-3-5-7-20/h3-18H,2H2,1H3,(H,34,36)(H,35,37)/b33-18+. The molecule has 0 spiro atoms. The molecule has 0 aliphatic rings. The molecule has 4 aromatic rings.